The topological polar surface area (TPSA) is 18.0 Å². The van der Waals surface area contributed by atoms with Crippen molar-refractivity contribution in [1.82, 2.24) is 13.7 Å². The van der Waals surface area contributed by atoms with Gasteiger partial charge in [-0.3, -0.25) is 0 Å². The minimum atomic E-state index is 1.10. The Balaban J connectivity index is 0.994. The molecule has 13 rings (SSSR count). The van der Waals surface area contributed by atoms with E-state index >= 15 is 0 Å². The maximum Gasteiger partial charge on any atom is 0.0547 e. The first-order chi connectivity index (χ1) is 31.8. The molecule has 0 amide bonds. The van der Waals surface area contributed by atoms with Crippen molar-refractivity contribution in [2.45, 2.75) is 0 Å². The number of hydrogen-bond acceptors (Lipinski definition) is 1. The normalized spacial score (nSPS) is 11.8. The molecule has 3 heterocycles. The summed E-state index contributed by atoms with van der Waals surface area (Å²) in [4.78, 5) is 2.31. The molecule has 0 aliphatic rings. The average Bonchev–Trinajstić information content (AvgIpc) is 4.01. The van der Waals surface area contributed by atoms with Gasteiger partial charge in [0.15, 0.2) is 0 Å². The minimum absolute atomic E-state index is 1.10. The van der Waals surface area contributed by atoms with Crippen molar-refractivity contribution in [3.63, 3.8) is 0 Å². The molecule has 0 atom stereocenters. The fourth-order valence-electron chi connectivity index (χ4n) is 10.4. The molecular formula is C60H40N4. The zero-order valence-corrected chi connectivity index (χ0v) is 34.9. The number of para-hydroxylation sites is 6. The van der Waals surface area contributed by atoms with Gasteiger partial charge in [0, 0.05) is 66.4 Å². The van der Waals surface area contributed by atoms with Crippen molar-refractivity contribution in [3.05, 3.63) is 243 Å². The van der Waals surface area contributed by atoms with Crippen LogP contribution in [0.1, 0.15) is 0 Å². The summed E-state index contributed by atoms with van der Waals surface area (Å²) in [6.07, 6.45) is 0. The zero-order valence-electron chi connectivity index (χ0n) is 34.9. The van der Waals surface area contributed by atoms with Gasteiger partial charge in [-0.15, -0.1) is 0 Å². The highest BCUT2D eigenvalue weighted by molar-refractivity contribution is 6.22. The van der Waals surface area contributed by atoms with Crippen LogP contribution < -0.4 is 4.90 Å². The lowest BCUT2D eigenvalue weighted by atomic mass is 9.95. The highest BCUT2D eigenvalue weighted by Gasteiger charge is 2.22. The van der Waals surface area contributed by atoms with E-state index in [9.17, 15) is 0 Å². The molecule has 0 N–H and O–H groups in total. The van der Waals surface area contributed by atoms with Crippen LogP contribution in [0.3, 0.4) is 0 Å². The molecule has 0 bridgehead atoms. The third-order valence-electron chi connectivity index (χ3n) is 13.0. The first-order valence-corrected chi connectivity index (χ1v) is 21.9. The third kappa shape index (κ3) is 5.49. The molecule has 0 radical (unpaired) electrons. The number of nitrogens with zero attached hydrogens (tertiary/aromatic N) is 4. The van der Waals surface area contributed by atoms with E-state index in [1.807, 2.05) is 0 Å². The summed E-state index contributed by atoms with van der Waals surface area (Å²) >= 11 is 0. The predicted octanol–water partition coefficient (Wildman–Crippen LogP) is 16.1. The summed E-state index contributed by atoms with van der Waals surface area (Å²) < 4.78 is 7.27. The standard InChI is InChI=1S/C60H40N4/c1-4-18-41(19-5-1)61(42-20-6-2-7-21-42)44-34-36-45(37-35-44)63-54-30-14-11-25-50(54)59-48(27-16-32-57(59)63)49-28-17-33-58-60(49)51-26-12-15-31-55(51)64(58)46-38-39-56-52(40-46)47-24-10-13-29-53(47)62(56)43-22-8-3-9-23-43/h1-40H. The van der Waals surface area contributed by atoms with Crippen LogP contribution in [0.25, 0.3) is 93.6 Å². The van der Waals surface area contributed by atoms with E-state index in [0.29, 0.717) is 0 Å². The van der Waals surface area contributed by atoms with Crippen LogP contribution in [0.5, 0.6) is 0 Å². The Morgan fingerprint density at radius 1 is 0.234 bits per heavy atom. The molecule has 0 spiro atoms. The molecule has 64 heavy (non-hydrogen) atoms. The fourth-order valence-corrected chi connectivity index (χ4v) is 10.4. The maximum absolute atomic E-state index is 2.46. The lowest BCUT2D eigenvalue weighted by Crippen LogP contribution is -2.09. The number of aromatic nitrogens is 3. The molecule has 4 nitrogen and oxygen atoms in total. The van der Waals surface area contributed by atoms with Gasteiger partial charge in [-0.05, 0) is 120 Å². The molecule has 0 saturated carbocycles. The zero-order chi connectivity index (χ0) is 42.1. The van der Waals surface area contributed by atoms with Gasteiger partial charge >= 0.3 is 0 Å². The van der Waals surface area contributed by atoms with E-state index in [1.54, 1.807) is 0 Å². The first-order valence-electron chi connectivity index (χ1n) is 21.9. The van der Waals surface area contributed by atoms with Gasteiger partial charge < -0.3 is 18.6 Å². The molecule has 300 valence electrons. The molecule has 13 aromatic rings. The van der Waals surface area contributed by atoms with E-state index < -0.39 is 0 Å². The average molecular weight is 817 g/mol. The lowest BCUT2D eigenvalue weighted by Gasteiger charge is -2.25. The summed E-state index contributed by atoms with van der Waals surface area (Å²) in [5.74, 6) is 0. The Hall–Kier alpha value is -8.60. The van der Waals surface area contributed by atoms with Crippen LogP contribution in [-0.4, -0.2) is 13.7 Å². The van der Waals surface area contributed by atoms with Gasteiger partial charge in [-0.25, -0.2) is 0 Å². The van der Waals surface area contributed by atoms with Crippen LogP contribution in [0.2, 0.25) is 0 Å². The van der Waals surface area contributed by atoms with Gasteiger partial charge in [0.25, 0.3) is 0 Å². The van der Waals surface area contributed by atoms with Crippen LogP contribution in [0.4, 0.5) is 17.1 Å². The largest absolute Gasteiger partial charge is 0.311 e. The molecular weight excluding hydrogens is 777 g/mol. The van der Waals surface area contributed by atoms with E-state index in [1.165, 1.54) is 76.5 Å². The van der Waals surface area contributed by atoms with Crippen molar-refractivity contribution in [1.29, 1.82) is 0 Å². The SMILES string of the molecule is c1ccc(N(c2ccccc2)c2ccc(-n3c4ccccc4c4c(-c5cccc6c5c5ccccc5n6-c5ccc6c(c5)c5ccccc5n6-c5ccccc5)cccc43)cc2)cc1. The number of benzene rings is 10. The van der Waals surface area contributed by atoms with Crippen molar-refractivity contribution in [3.8, 4) is 28.2 Å². The van der Waals surface area contributed by atoms with E-state index in [-0.39, 0.29) is 0 Å². The number of hydrogen-bond donors (Lipinski definition) is 0. The molecule has 3 aromatic heterocycles. The van der Waals surface area contributed by atoms with E-state index in [0.717, 1.165) is 34.1 Å². The third-order valence-corrected chi connectivity index (χ3v) is 13.0. The smallest absolute Gasteiger partial charge is 0.0547 e. The summed E-state index contributed by atoms with van der Waals surface area (Å²) in [6.45, 7) is 0. The quantitative estimate of drug-likeness (QED) is 0.157. The number of anilines is 3. The Kier molecular flexibility index (Phi) is 8.18. The van der Waals surface area contributed by atoms with Crippen LogP contribution >= 0.6 is 0 Å². The summed E-state index contributed by atoms with van der Waals surface area (Å²) in [5.41, 5.74) is 16.3. The maximum atomic E-state index is 2.46. The highest BCUT2D eigenvalue weighted by Crippen LogP contribution is 2.45. The summed E-state index contributed by atoms with van der Waals surface area (Å²) in [6, 6.07) is 88.0. The highest BCUT2D eigenvalue weighted by atomic mass is 15.1. The van der Waals surface area contributed by atoms with Crippen molar-refractivity contribution < 1.29 is 0 Å². The van der Waals surface area contributed by atoms with Crippen LogP contribution in [0, 0.1) is 0 Å². The monoisotopic (exact) mass is 816 g/mol. The van der Waals surface area contributed by atoms with Gasteiger partial charge in [-0.2, -0.15) is 0 Å². The molecule has 4 heteroatoms. The minimum Gasteiger partial charge on any atom is -0.311 e. The first kappa shape index (κ1) is 36.1. The van der Waals surface area contributed by atoms with Crippen LogP contribution in [0.15, 0.2) is 243 Å². The summed E-state index contributed by atoms with van der Waals surface area (Å²) in [5, 5.41) is 7.44. The molecule has 10 aromatic carbocycles. The summed E-state index contributed by atoms with van der Waals surface area (Å²) in [7, 11) is 0. The Morgan fingerprint density at radius 2 is 0.609 bits per heavy atom. The van der Waals surface area contributed by atoms with Crippen LogP contribution in [-0.2, 0) is 0 Å². The molecule has 0 fully saturated rings. The molecule has 0 aliphatic carbocycles. The Morgan fingerprint density at radius 3 is 1.17 bits per heavy atom. The molecule has 0 saturated heterocycles. The number of rotatable bonds is 7. The van der Waals surface area contributed by atoms with Crippen molar-refractivity contribution in [2.75, 3.05) is 4.90 Å². The molecule has 0 unspecified atom stereocenters. The molecule has 0 aliphatic heterocycles. The van der Waals surface area contributed by atoms with Gasteiger partial charge in [0.2, 0.25) is 0 Å². The fraction of sp³-hybridized carbons (Fsp3) is 0. The van der Waals surface area contributed by atoms with Crippen molar-refractivity contribution in [2.24, 2.45) is 0 Å². The van der Waals surface area contributed by atoms with E-state index in [4.69, 9.17) is 0 Å². The Labute approximate surface area is 370 Å². The van der Waals surface area contributed by atoms with Crippen molar-refractivity contribution >= 4 is 82.5 Å². The second-order valence-electron chi connectivity index (χ2n) is 16.5. The van der Waals surface area contributed by atoms with Gasteiger partial charge in [-0.1, -0.05) is 133 Å². The second kappa shape index (κ2) is 14.5. The van der Waals surface area contributed by atoms with Gasteiger partial charge in [0.1, 0.15) is 0 Å². The Bertz CT molecular complexity index is 3840. The lowest BCUT2D eigenvalue weighted by molar-refractivity contribution is 1.17. The van der Waals surface area contributed by atoms with E-state index in [2.05, 4.69) is 261 Å². The second-order valence-corrected chi connectivity index (χ2v) is 16.5. The predicted molar refractivity (Wildman–Crippen MR) is 270 cm³/mol. The van der Waals surface area contributed by atoms with Gasteiger partial charge in [0.05, 0.1) is 33.1 Å². The number of fused-ring (bicyclic) bond motifs is 9.